The van der Waals surface area contributed by atoms with E-state index in [1.54, 1.807) is 12.1 Å². The molecule has 1 saturated heterocycles. The molecule has 0 unspecified atom stereocenters. The van der Waals surface area contributed by atoms with Crippen molar-refractivity contribution in [3.05, 3.63) is 133 Å². The molecule has 3 atom stereocenters. The molecule has 0 bridgehead atoms. The number of carbonyl (C=O) groups excluding carboxylic acids is 2. The van der Waals surface area contributed by atoms with E-state index in [0.717, 1.165) is 44.1 Å². The molecule has 0 radical (unpaired) electrons. The fraction of sp³-hybridized carbons (Fsp3) is 0.447. The highest BCUT2D eigenvalue weighted by molar-refractivity contribution is 7.89. The van der Waals surface area contributed by atoms with E-state index < -0.39 is 28.3 Å². The first-order chi connectivity index (χ1) is 28.1. The normalized spacial score (nSPS) is 16.3. The predicted molar refractivity (Wildman–Crippen MR) is 235 cm³/mol. The van der Waals surface area contributed by atoms with Crippen LogP contribution in [-0.4, -0.2) is 74.4 Å². The lowest BCUT2D eigenvalue weighted by atomic mass is 10.0. The van der Waals surface area contributed by atoms with Crippen molar-refractivity contribution in [2.45, 2.75) is 108 Å². The Balaban J connectivity index is 1.46. The SMILES string of the molecule is CCC=CCC=CCC=CCC=CCC=CCC=CCCC(=O)Nc1ccc(S(=O)(=O)N(CC(C)C)C[C@@H](O)[C@H](Cc2ccccc2)NC(=O)O[C@H]2CCOC2)cc1. The highest BCUT2D eigenvalue weighted by Gasteiger charge is 2.32. The molecule has 2 amide bonds. The molecule has 1 heterocycles. The lowest BCUT2D eigenvalue weighted by Gasteiger charge is -2.30. The largest absolute Gasteiger partial charge is 0.444 e. The van der Waals surface area contributed by atoms with Gasteiger partial charge in [-0.1, -0.05) is 124 Å². The van der Waals surface area contributed by atoms with E-state index in [0.29, 0.717) is 38.2 Å². The lowest BCUT2D eigenvalue weighted by molar-refractivity contribution is -0.116. The zero-order valence-corrected chi connectivity index (χ0v) is 35.4. The van der Waals surface area contributed by atoms with Crippen LogP contribution in [0, 0.1) is 5.92 Å². The van der Waals surface area contributed by atoms with Crippen molar-refractivity contribution >= 4 is 27.7 Å². The smallest absolute Gasteiger partial charge is 0.407 e. The maximum Gasteiger partial charge on any atom is 0.407 e. The van der Waals surface area contributed by atoms with Crippen LogP contribution in [-0.2, 0) is 30.7 Å². The number of alkyl carbamates (subject to hydrolysis) is 1. The molecule has 0 spiro atoms. The monoisotopic (exact) mass is 815 g/mol. The van der Waals surface area contributed by atoms with Crippen LogP contribution in [0.15, 0.2) is 132 Å². The van der Waals surface area contributed by atoms with E-state index in [2.05, 4.69) is 78.3 Å². The van der Waals surface area contributed by atoms with E-state index >= 15 is 0 Å². The molecule has 0 aliphatic carbocycles. The number of sulfonamides is 1. The van der Waals surface area contributed by atoms with Crippen LogP contribution in [0.4, 0.5) is 10.5 Å². The molecule has 1 aliphatic rings. The topological polar surface area (TPSA) is 134 Å². The van der Waals surface area contributed by atoms with E-state index in [1.807, 2.05) is 56.3 Å². The Hall–Kier alpha value is -4.55. The number of hydrogen-bond acceptors (Lipinski definition) is 7. The standard InChI is InChI=1S/C47H65N3O7S/c1-4-5-6-7-8-9-10-11-12-13-14-15-16-17-18-19-20-21-25-28-46(52)48-41-29-31-43(32-30-41)58(54,55)50(36-39(2)3)37-45(51)44(35-40-26-23-22-24-27-40)49-47(53)57-42-33-34-56-38-42/h5-6,8-9,11-12,14-15,17-18,20-24,26-27,29-32,39,42,44-45,51H,4,7,10,13,16,19,25,28,33-38H2,1-3H3,(H,48,52)(H,49,53)/t42-,44-,45+/m0/s1. The molecule has 3 N–H and O–H groups in total. The number of anilines is 1. The summed E-state index contributed by atoms with van der Waals surface area (Å²) < 4.78 is 39.9. The quantitative estimate of drug-likeness (QED) is 0.0807. The maximum absolute atomic E-state index is 13.9. The van der Waals surface area contributed by atoms with Gasteiger partial charge in [-0.25, -0.2) is 13.2 Å². The zero-order chi connectivity index (χ0) is 41.9. The molecular formula is C47H65N3O7S. The Labute approximate surface area is 347 Å². The second-order valence-corrected chi connectivity index (χ2v) is 16.6. The van der Waals surface area contributed by atoms with E-state index in [-0.39, 0.29) is 42.3 Å². The number of nitrogens with zero attached hydrogens (tertiary/aromatic N) is 1. The van der Waals surface area contributed by atoms with Crippen LogP contribution in [0.2, 0.25) is 0 Å². The molecule has 10 nitrogen and oxygen atoms in total. The van der Waals surface area contributed by atoms with Crippen molar-refractivity contribution in [3.8, 4) is 0 Å². The number of rotatable bonds is 26. The summed E-state index contributed by atoms with van der Waals surface area (Å²) >= 11 is 0. The predicted octanol–water partition coefficient (Wildman–Crippen LogP) is 9.24. The van der Waals surface area contributed by atoms with Gasteiger partial charge in [0.2, 0.25) is 15.9 Å². The van der Waals surface area contributed by atoms with Crippen molar-refractivity contribution < 1.29 is 32.6 Å². The van der Waals surface area contributed by atoms with Gasteiger partial charge < -0.3 is 25.2 Å². The average molecular weight is 816 g/mol. The summed E-state index contributed by atoms with van der Waals surface area (Å²) in [7, 11) is -4.06. The van der Waals surface area contributed by atoms with Crippen molar-refractivity contribution in [1.82, 2.24) is 9.62 Å². The van der Waals surface area contributed by atoms with Crippen LogP contribution in [0.5, 0.6) is 0 Å². The number of nitrogens with one attached hydrogen (secondary N) is 2. The molecule has 316 valence electrons. The van der Waals surface area contributed by atoms with Gasteiger partial charge in [0.15, 0.2) is 0 Å². The fourth-order valence-electron chi connectivity index (χ4n) is 6.04. The average Bonchev–Trinajstić information content (AvgIpc) is 3.71. The Morgan fingerprint density at radius 1 is 0.828 bits per heavy atom. The maximum atomic E-state index is 13.9. The van der Waals surface area contributed by atoms with Gasteiger partial charge in [0, 0.05) is 31.6 Å². The molecule has 1 fully saturated rings. The molecule has 11 heteroatoms. The van der Waals surface area contributed by atoms with Crippen LogP contribution in [0.25, 0.3) is 0 Å². The first kappa shape index (κ1) is 47.8. The van der Waals surface area contributed by atoms with Crippen molar-refractivity contribution in [2.24, 2.45) is 5.92 Å². The molecule has 2 aromatic rings. The van der Waals surface area contributed by atoms with Gasteiger partial charge >= 0.3 is 6.09 Å². The number of aliphatic hydroxyl groups excluding tert-OH is 1. The van der Waals surface area contributed by atoms with Crippen molar-refractivity contribution in [3.63, 3.8) is 0 Å². The van der Waals surface area contributed by atoms with Crippen LogP contribution >= 0.6 is 0 Å². The Morgan fingerprint density at radius 3 is 1.93 bits per heavy atom. The van der Waals surface area contributed by atoms with Gasteiger partial charge in [-0.2, -0.15) is 4.31 Å². The Morgan fingerprint density at radius 2 is 1.40 bits per heavy atom. The van der Waals surface area contributed by atoms with Crippen LogP contribution in [0.3, 0.4) is 0 Å². The molecular weight excluding hydrogens is 751 g/mol. The second-order valence-electron chi connectivity index (χ2n) is 14.6. The number of carbonyl (C=O) groups is 2. The summed E-state index contributed by atoms with van der Waals surface area (Å²) in [6.07, 6.45) is 30.8. The molecule has 3 rings (SSSR count). The minimum atomic E-state index is -4.06. The number of aliphatic hydroxyl groups is 1. The minimum Gasteiger partial charge on any atom is -0.444 e. The minimum absolute atomic E-state index is 0.0320. The number of amides is 2. The molecule has 2 aromatic carbocycles. The lowest BCUT2D eigenvalue weighted by Crippen LogP contribution is -2.51. The highest BCUT2D eigenvalue weighted by atomic mass is 32.2. The van der Waals surface area contributed by atoms with Crippen molar-refractivity contribution in [1.29, 1.82) is 0 Å². The second kappa shape index (κ2) is 28.0. The third-order valence-corrected chi connectivity index (χ3v) is 10.9. The first-order valence-electron chi connectivity index (χ1n) is 20.6. The van der Waals surface area contributed by atoms with Crippen molar-refractivity contribution in [2.75, 3.05) is 31.6 Å². The van der Waals surface area contributed by atoms with Gasteiger partial charge in [-0.05, 0) is 87.1 Å². The number of hydrogen-bond donors (Lipinski definition) is 3. The summed E-state index contributed by atoms with van der Waals surface area (Å²) in [5, 5.41) is 17.1. The van der Waals surface area contributed by atoms with Gasteiger partial charge in [-0.3, -0.25) is 4.79 Å². The van der Waals surface area contributed by atoms with Gasteiger partial charge in [0.05, 0.1) is 30.3 Å². The molecule has 0 saturated carbocycles. The fourth-order valence-corrected chi connectivity index (χ4v) is 7.67. The van der Waals surface area contributed by atoms with E-state index in [1.165, 1.54) is 16.4 Å². The third kappa shape index (κ3) is 19.7. The summed E-state index contributed by atoms with van der Waals surface area (Å²) in [5.74, 6) is -0.217. The van der Waals surface area contributed by atoms with Gasteiger partial charge in [0.25, 0.3) is 0 Å². The van der Waals surface area contributed by atoms with Crippen LogP contribution in [0.1, 0.15) is 84.1 Å². The van der Waals surface area contributed by atoms with E-state index in [9.17, 15) is 23.1 Å². The number of benzene rings is 2. The van der Waals surface area contributed by atoms with Gasteiger partial charge in [-0.15, -0.1) is 0 Å². The summed E-state index contributed by atoms with van der Waals surface area (Å²) in [6, 6.07) is 14.6. The third-order valence-electron chi connectivity index (χ3n) is 9.10. The Kier molecular flexibility index (Phi) is 23.1. The molecule has 1 aliphatic heterocycles. The van der Waals surface area contributed by atoms with Gasteiger partial charge in [0.1, 0.15) is 6.10 Å². The first-order valence-corrected chi connectivity index (χ1v) is 22.1. The summed E-state index contributed by atoms with van der Waals surface area (Å²) in [4.78, 5) is 25.5. The summed E-state index contributed by atoms with van der Waals surface area (Å²) in [6.45, 7) is 6.65. The summed E-state index contributed by atoms with van der Waals surface area (Å²) in [5.41, 5.74) is 1.35. The number of allylic oxidation sites excluding steroid dienone is 12. The molecule has 58 heavy (non-hydrogen) atoms. The Bertz CT molecular complexity index is 1760. The zero-order valence-electron chi connectivity index (χ0n) is 34.6. The van der Waals surface area contributed by atoms with E-state index in [4.69, 9.17) is 9.47 Å². The number of ether oxygens (including phenoxy) is 2. The highest BCUT2D eigenvalue weighted by Crippen LogP contribution is 2.22. The van der Waals surface area contributed by atoms with Crippen LogP contribution < -0.4 is 10.6 Å². The molecule has 0 aromatic heterocycles.